The first-order chi connectivity index (χ1) is 9.58. The SMILES string of the molecule is CCCCOC(=O)/C=C/c1cc([N+](=O)[O-])ccc1OC. The number of nitro groups is 1. The zero-order valence-electron chi connectivity index (χ0n) is 11.5. The maximum absolute atomic E-state index is 11.4. The Morgan fingerprint density at radius 3 is 2.80 bits per heavy atom. The van der Waals surface area contributed by atoms with Crippen LogP contribution >= 0.6 is 0 Å². The number of benzene rings is 1. The monoisotopic (exact) mass is 279 g/mol. The minimum absolute atomic E-state index is 0.0650. The van der Waals surface area contributed by atoms with Crippen LogP contribution in [-0.4, -0.2) is 24.6 Å². The molecule has 0 saturated heterocycles. The molecule has 0 fully saturated rings. The van der Waals surface area contributed by atoms with Gasteiger partial charge in [-0.25, -0.2) is 4.79 Å². The third kappa shape index (κ3) is 4.72. The molecular formula is C14H17NO5. The van der Waals surface area contributed by atoms with Crippen LogP contribution < -0.4 is 4.74 Å². The molecule has 0 saturated carbocycles. The Bertz CT molecular complexity index is 510. The molecule has 1 aromatic rings. The van der Waals surface area contributed by atoms with Gasteiger partial charge >= 0.3 is 5.97 Å². The van der Waals surface area contributed by atoms with Gasteiger partial charge in [-0.2, -0.15) is 0 Å². The van der Waals surface area contributed by atoms with Crippen LogP contribution in [0.25, 0.3) is 6.08 Å². The van der Waals surface area contributed by atoms with E-state index >= 15 is 0 Å². The highest BCUT2D eigenvalue weighted by atomic mass is 16.6. The maximum Gasteiger partial charge on any atom is 0.330 e. The standard InChI is InChI=1S/C14H17NO5/c1-3-4-9-20-14(16)8-5-11-10-12(15(17)18)6-7-13(11)19-2/h5-8,10H,3-4,9H2,1-2H3/b8-5+. The summed E-state index contributed by atoms with van der Waals surface area (Å²) in [6.07, 6.45) is 4.42. The van der Waals surface area contributed by atoms with Crippen molar-refractivity contribution < 1.29 is 19.2 Å². The van der Waals surface area contributed by atoms with Gasteiger partial charge in [0.05, 0.1) is 18.6 Å². The molecule has 1 rings (SSSR count). The quantitative estimate of drug-likeness (QED) is 0.252. The molecule has 0 aromatic heterocycles. The average Bonchev–Trinajstić information content (AvgIpc) is 2.45. The molecule has 0 aliphatic heterocycles. The highest BCUT2D eigenvalue weighted by molar-refractivity contribution is 5.87. The molecule has 0 atom stereocenters. The lowest BCUT2D eigenvalue weighted by Gasteiger charge is -2.04. The summed E-state index contributed by atoms with van der Waals surface area (Å²) in [6.45, 7) is 2.36. The molecule has 20 heavy (non-hydrogen) atoms. The number of nitro benzene ring substituents is 1. The number of hydrogen-bond donors (Lipinski definition) is 0. The summed E-state index contributed by atoms with van der Waals surface area (Å²) in [5, 5.41) is 10.7. The number of hydrogen-bond acceptors (Lipinski definition) is 5. The van der Waals surface area contributed by atoms with Crippen LogP contribution in [-0.2, 0) is 9.53 Å². The zero-order valence-corrected chi connectivity index (χ0v) is 11.5. The Hall–Kier alpha value is -2.37. The predicted molar refractivity (Wildman–Crippen MR) is 74.5 cm³/mol. The molecule has 0 aliphatic carbocycles. The third-order valence-electron chi connectivity index (χ3n) is 2.57. The topological polar surface area (TPSA) is 78.7 Å². The van der Waals surface area contributed by atoms with Crippen LogP contribution in [0.2, 0.25) is 0 Å². The number of methoxy groups -OCH3 is 1. The molecule has 0 spiro atoms. The zero-order chi connectivity index (χ0) is 15.0. The van der Waals surface area contributed by atoms with Crippen molar-refractivity contribution in [3.8, 4) is 5.75 Å². The van der Waals surface area contributed by atoms with E-state index < -0.39 is 10.9 Å². The van der Waals surface area contributed by atoms with Gasteiger partial charge in [0.25, 0.3) is 5.69 Å². The average molecular weight is 279 g/mol. The fourth-order valence-electron chi connectivity index (χ4n) is 1.49. The van der Waals surface area contributed by atoms with Crippen molar-refractivity contribution in [3.63, 3.8) is 0 Å². The minimum Gasteiger partial charge on any atom is -0.496 e. The smallest absolute Gasteiger partial charge is 0.330 e. The van der Waals surface area contributed by atoms with Crippen molar-refractivity contribution in [2.24, 2.45) is 0 Å². The first-order valence-electron chi connectivity index (χ1n) is 6.25. The van der Waals surface area contributed by atoms with Gasteiger partial charge in [-0.3, -0.25) is 10.1 Å². The lowest BCUT2D eigenvalue weighted by Crippen LogP contribution is -2.01. The molecule has 6 nitrogen and oxygen atoms in total. The number of nitrogens with zero attached hydrogens (tertiary/aromatic N) is 1. The summed E-state index contributed by atoms with van der Waals surface area (Å²) in [5.74, 6) is -0.0276. The van der Waals surface area contributed by atoms with Gasteiger partial charge in [-0.15, -0.1) is 0 Å². The minimum atomic E-state index is -0.504. The van der Waals surface area contributed by atoms with Gasteiger partial charge in [0.15, 0.2) is 0 Å². The van der Waals surface area contributed by atoms with Crippen LogP contribution in [0, 0.1) is 10.1 Å². The van der Waals surface area contributed by atoms with Crippen molar-refractivity contribution in [1.29, 1.82) is 0 Å². The Balaban J connectivity index is 2.81. The van der Waals surface area contributed by atoms with Crippen LogP contribution in [0.4, 0.5) is 5.69 Å². The molecule has 0 unspecified atom stereocenters. The normalized spacial score (nSPS) is 10.5. The molecule has 1 aromatic carbocycles. The molecule has 0 heterocycles. The summed E-state index contributed by atoms with van der Waals surface area (Å²) in [7, 11) is 1.46. The van der Waals surface area contributed by atoms with Crippen LogP contribution in [0.15, 0.2) is 24.3 Å². The molecule has 0 amide bonds. The maximum atomic E-state index is 11.4. The molecule has 0 radical (unpaired) electrons. The summed E-state index contributed by atoms with van der Waals surface area (Å²) in [6, 6.07) is 4.17. The van der Waals surface area contributed by atoms with E-state index in [1.807, 2.05) is 6.92 Å². The van der Waals surface area contributed by atoms with Crippen molar-refractivity contribution in [2.45, 2.75) is 19.8 Å². The second-order valence-corrected chi connectivity index (χ2v) is 4.04. The summed E-state index contributed by atoms with van der Waals surface area (Å²) >= 11 is 0. The van der Waals surface area contributed by atoms with Crippen LogP contribution in [0.5, 0.6) is 5.75 Å². The van der Waals surface area contributed by atoms with Crippen molar-refractivity contribution in [1.82, 2.24) is 0 Å². The van der Waals surface area contributed by atoms with E-state index in [4.69, 9.17) is 9.47 Å². The van der Waals surface area contributed by atoms with Gasteiger partial charge in [0, 0.05) is 23.8 Å². The largest absolute Gasteiger partial charge is 0.496 e. The second-order valence-electron chi connectivity index (χ2n) is 4.04. The molecule has 0 bridgehead atoms. The van der Waals surface area contributed by atoms with Crippen molar-refractivity contribution >= 4 is 17.7 Å². The lowest BCUT2D eigenvalue weighted by atomic mass is 10.1. The van der Waals surface area contributed by atoms with Crippen LogP contribution in [0.1, 0.15) is 25.3 Å². The highest BCUT2D eigenvalue weighted by Crippen LogP contribution is 2.25. The molecule has 0 N–H and O–H groups in total. The molecular weight excluding hydrogens is 262 g/mol. The Kier molecular flexibility index (Phi) is 6.22. The summed E-state index contributed by atoms with van der Waals surface area (Å²) in [4.78, 5) is 21.6. The van der Waals surface area contributed by atoms with Gasteiger partial charge in [0.2, 0.25) is 0 Å². The number of unbranched alkanes of at least 4 members (excludes halogenated alkanes) is 1. The lowest BCUT2D eigenvalue weighted by molar-refractivity contribution is -0.384. The fourth-order valence-corrected chi connectivity index (χ4v) is 1.49. The first-order valence-corrected chi connectivity index (χ1v) is 6.25. The first kappa shape index (κ1) is 15.7. The van der Waals surface area contributed by atoms with E-state index in [1.54, 1.807) is 0 Å². The van der Waals surface area contributed by atoms with Crippen LogP contribution in [0.3, 0.4) is 0 Å². The molecule has 6 heteroatoms. The van der Waals surface area contributed by atoms with Crippen molar-refractivity contribution in [2.75, 3.05) is 13.7 Å². The summed E-state index contributed by atoms with van der Waals surface area (Å²) in [5.41, 5.74) is 0.388. The summed E-state index contributed by atoms with van der Waals surface area (Å²) < 4.78 is 10.0. The van der Waals surface area contributed by atoms with E-state index in [0.717, 1.165) is 12.8 Å². The number of rotatable bonds is 7. The van der Waals surface area contributed by atoms with E-state index in [-0.39, 0.29) is 5.69 Å². The van der Waals surface area contributed by atoms with Gasteiger partial charge in [-0.05, 0) is 18.6 Å². The Labute approximate surface area is 117 Å². The number of carbonyl (C=O) groups is 1. The number of esters is 1. The third-order valence-corrected chi connectivity index (χ3v) is 2.57. The Morgan fingerprint density at radius 2 is 2.20 bits per heavy atom. The van der Waals surface area contributed by atoms with Crippen molar-refractivity contribution in [3.05, 3.63) is 40.0 Å². The highest BCUT2D eigenvalue weighted by Gasteiger charge is 2.09. The van der Waals surface area contributed by atoms with Gasteiger partial charge < -0.3 is 9.47 Å². The molecule has 0 aliphatic rings. The fraction of sp³-hybridized carbons (Fsp3) is 0.357. The number of ether oxygens (including phenoxy) is 2. The van der Waals surface area contributed by atoms with E-state index in [1.165, 1.54) is 37.5 Å². The van der Waals surface area contributed by atoms with E-state index in [9.17, 15) is 14.9 Å². The van der Waals surface area contributed by atoms with E-state index in [2.05, 4.69) is 0 Å². The van der Waals surface area contributed by atoms with Gasteiger partial charge in [-0.1, -0.05) is 13.3 Å². The Morgan fingerprint density at radius 1 is 1.45 bits per heavy atom. The predicted octanol–water partition coefficient (Wildman–Crippen LogP) is 2.96. The van der Waals surface area contributed by atoms with Gasteiger partial charge in [0.1, 0.15) is 5.75 Å². The second kappa shape index (κ2) is 7.93. The molecule has 108 valence electrons. The van der Waals surface area contributed by atoms with E-state index in [0.29, 0.717) is 17.9 Å². The number of carbonyl (C=O) groups excluding carboxylic acids is 1. The number of non-ortho nitro benzene ring substituents is 1.